The molecular formula is C23H24N4O3S. The molecular weight excluding hydrogens is 412 g/mol. The summed E-state index contributed by atoms with van der Waals surface area (Å²) >= 11 is 1.36. The summed E-state index contributed by atoms with van der Waals surface area (Å²) in [6.45, 7) is 3.64. The minimum absolute atomic E-state index is 0.0947. The standard InChI is InChI=1S/C23H24N4O3S/c1-15-12-13-20(27(29)30)22(16(15)2)25-21(28)14-31-23-24-18-10-6-7-11-19(18)26(23)17-8-4-3-5-9-17/h3-5,8-9,12-13H,6-7,10-11,14H2,1-2H3,(H,25,28). The van der Waals surface area contributed by atoms with Crippen LogP contribution in [0.1, 0.15) is 35.4 Å². The van der Waals surface area contributed by atoms with Crippen molar-refractivity contribution >= 4 is 29.0 Å². The number of hydrogen-bond acceptors (Lipinski definition) is 5. The molecule has 1 N–H and O–H groups in total. The van der Waals surface area contributed by atoms with Crippen molar-refractivity contribution in [2.45, 2.75) is 44.7 Å². The minimum Gasteiger partial charge on any atom is -0.319 e. The maximum atomic E-state index is 12.7. The lowest BCUT2D eigenvalue weighted by atomic mass is 10.0. The van der Waals surface area contributed by atoms with Crippen LogP contribution in [-0.2, 0) is 17.6 Å². The Balaban J connectivity index is 1.57. The van der Waals surface area contributed by atoms with Gasteiger partial charge in [0.1, 0.15) is 5.69 Å². The SMILES string of the molecule is Cc1ccc([N+](=O)[O-])c(NC(=O)CSc2nc3c(n2-c2ccccc2)CCCC3)c1C. The summed E-state index contributed by atoms with van der Waals surface area (Å²) in [5, 5.41) is 14.9. The maximum Gasteiger partial charge on any atom is 0.293 e. The molecule has 1 aromatic heterocycles. The molecule has 0 aliphatic heterocycles. The fourth-order valence-corrected chi connectivity index (χ4v) is 4.72. The number of aromatic nitrogens is 2. The Kier molecular flexibility index (Phi) is 6.08. The largest absolute Gasteiger partial charge is 0.319 e. The topological polar surface area (TPSA) is 90.1 Å². The number of aryl methyl sites for hydroxylation is 2. The molecule has 8 heteroatoms. The number of hydrogen-bond donors (Lipinski definition) is 1. The molecule has 1 amide bonds. The van der Waals surface area contributed by atoms with Gasteiger partial charge in [-0.2, -0.15) is 0 Å². The Morgan fingerprint density at radius 3 is 2.65 bits per heavy atom. The van der Waals surface area contributed by atoms with Crippen molar-refractivity contribution in [2.75, 3.05) is 11.1 Å². The molecule has 0 fully saturated rings. The van der Waals surface area contributed by atoms with Gasteiger partial charge in [0.25, 0.3) is 5.69 Å². The van der Waals surface area contributed by atoms with E-state index in [-0.39, 0.29) is 23.0 Å². The number of carbonyl (C=O) groups is 1. The van der Waals surface area contributed by atoms with Gasteiger partial charge in [-0.1, -0.05) is 36.0 Å². The van der Waals surface area contributed by atoms with Gasteiger partial charge in [-0.3, -0.25) is 19.5 Å². The molecule has 0 atom stereocenters. The van der Waals surface area contributed by atoms with Gasteiger partial charge in [0.05, 0.1) is 16.4 Å². The first-order chi connectivity index (χ1) is 15.0. The number of thioether (sulfide) groups is 1. The van der Waals surface area contributed by atoms with E-state index in [9.17, 15) is 14.9 Å². The first-order valence-corrected chi connectivity index (χ1v) is 11.3. The molecule has 7 nitrogen and oxygen atoms in total. The second-order valence-electron chi connectivity index (χ2n) is 7.66. The molecule has 0 unspecified atom stereocenters. The normalized spacial score (nSPS) is 13.0. The molecule has 4 rings (SSSR count). The molecule has 160 valence electrons. The van der Waals surface area contributed by atoms with E-state index in [1.165, 1.54) is 23.5 Å². The van der Waals surface area contributed by atoms with E-state index in [0.29, 0.717) is 5.56 Å². The first-order valence-electron chi connectivity index (χ1n) is 10.3. The number of nitro groups is 1. The molecule has 0 saturated carbocycles. The average Bonchev–Trinajstić information content (AvgIpc) is 3.14. The van der Waals surface area contributed by atoms with Crippen LogP contribution in [0, 0.1) is 24.0 Å². The summed E-state index contributed by atoms with van der Waals surface area (Å²) in [6.07, 6.45) is 4.17. The molecule has 1 heterocycles. The van der Waals surface area contributed by atoms with Gasteiger partial charge in [0, 0.05) is 17.4 Å². The zero-order chi connectivity index (χ0) is 22.0. The van der Waals surface area contributed by atoms with Gasteiger partial charge in [0.15, 0.2) is 5.16 Å². The minimum atomic E-state index is -0.467. The Bertz CT molecular complexity index is 1140. The Morgan fingerprint density at radius 2 is 1.90 bits per heavy atom. The summed E-state index contributed by atoms with van der Waals surface area (Å²) in [5.74, 6) is -0.171. The number of nitrogens with one attached hydrogen (secondary N) is 1. The molecule has 1 aliphatic rings. The van der Waals surface area contributed by atoms with Gasteiger partial charge < -0.3 is 5.32 Å². The van der Waals surface area contributed by atoms with Crippen LogP contribution in [0.5, 0.6) is 0 Å². The van der Waals surface area contributed by atoms with E-state index >= 15 is 0 Å². The van der Waals surface area contributed by atoms with Crippen LogP contribution in [0.2, 0.25) is 0 Å². The second kappa shape index (κ2) is 8.93. The Labute approximate surface area is 185 Å². The lowest BCUT2D eigenvalue weighted by Gasteiger charge is -2.15. The van der Waals surface area contributed by atoms with Crippen molar-refractivity contribution in [3.63, 3.8) is 0 Å². The van der Waals surface area contributed by atoms with E-state index in [1.807, 2.05) is 37.3 Å². The zero-order valence-electron chi connectivity index (χ0n) is 17.6. The number of anilines is 1. The molecule has 2 aromatic carbocycles. The highest BCUT2D eigenvalue weighted by Gasteiger charge is 2.23. The highest BCUT2D eigenvalue weighted by atomic mass is 32.2. The third kappa shape index (κ3) is 4.34. The van der Waals surface area contributed by atoms with Crippen molar-refractivity contribution in [3.05, 3.63) is 75.1 Å². The van der Waals surface area contributed by atoms with Crippen molar-refractivity contribution in [3.8, 4) is 5.69 Å². The molecule has 0 saturated heterocycles. The lowest BCUT2D eigenvalue weighted by Crippen LogP contribution is -2.17. The van der Waals surface area contributed by atoms with Crippen LogP contribution in [0.4, 0.5) is 11.4 Å². The summed E-state index contributed by atoms with van der Waals surface area (Å²) in [7, 11) is 0. The van der Waals surface area contributed by atoms with Crippen LogP contribution in [-0.4, -0.2) is 26.1 Å². The fraction of sp³-hybridized carbons (Fsp3) is 0.304. The fourth-order valence-electron chi connectivity index (χ4n) is 3.87. The van der Waals surface area contributed by atoms with E-state index in [0.717, 1.165) is 47.8 Å². The molecule has 31 heavy (non-hydrogen) atoms. The number of benzene rings is 2. The summed E-state index contributed by atoms with van der Waals surface area (Å²) < 4.78 is 2.15. The number of nitrogens with zero attached hydrogens (tertiary/aromatic N) is 3. The summed E-state index contributed by atoms with van der Waals surface area (Å²) in [4.78, 5) is 28.5. The number of rotatable bonds is 6. The van der Waals surface area contributed by atoms with Crippen LogP contribution in [0.15, 0.2) is 47.6 Å². The predicted octanol–water partition coefficient (Wildman–Crippen LogP) is 5.01. The van der Waals surface area contributed by atoms with Crippen LogP contribution >= 0.6 is 11.8 Å². The van der Waals surface area contributed by atoms with Gasteiger partial charge in [-0.15, -0.1) is 0 Å². The number of nitro benzene ring substituents is 1. The number of fused-ring (bicyclic) bond motifs is 1. The number of imidazole rings is 1. The van der Waals surface area contributed by atoms with Crippen molar-refractivity contribution in [1.82, 2.24) is 9.55 Å². The van der Waals surface area contributed by atoms with Crippen LogP contribution in [0.3, 0.4) is 0 Å². The van der Waals surface area contributed by atoms with Crippen molar-refractivity contribution in [2.24, 2.45) is 0 Å². The molecule has 0 bridgehead atoms. The van der Waals surface area contributed by atoms with E-state index in [1.54, 1.807) is 13.0 Å². The van der Waals surface area contributed by atoms with E-state index < -0.39 is 4.92 Å². The lowest BCUT2D eigenvalue weighted by molar-refractivity contribution is -0.384. The number of amides is 1. The average molecular weight is 437 g/mol. The predicted molar refractivity (Wildman–Crippen MR) is 122 cm³/mol. The van der Waals surface area contributed by atoms with Gasteiger partial charge in [-0.25, -0.2) is 4.98 Å². The monoisotopic (exact) mass is 436 g/mol. The summed E-state index contributed by atoms with van der Waals surface area (Å²) in [6, 6.07) is 13.2. The van der Waals surface area contributed by atoms with Crippen LogP contribution in [0.25, 0.3) is 5.69 Å². The third-order valence-electron chi connectivity index (χ3n) is 5.62. The highest BCUT2D eigenvalue weighted by molar-refractivity contribution is 7.99. The first kappa shape index (κ1) is 21.1. The molecule has 0 spiro atoms. The smallest absolute Gasteiger partial charge is 0.293 e. The van der Waals surface area contributed by atoms with Gasteiger partial charge in [0.2, 0.25) is 5.91 Å². The van der Waals surface area contributed by atoms with E-state index in [4.69, 9.17) is 4.98 Å². The third-order valence-corrected chi connectivity index (χ3v) is 6.56. The second-order valence-corrected chi connectivity index (χ2v) is 8.60. The molecule has 0 radical (unpaired) electrons. The molecule has 1 aliphatic carbocycles. The molecule has 3 aromatic rings. The number of para-hydroxylation sites is 1. The summed E-state index contributed by atoms with van der Waals surface area (Å²) in [5.41, 5.74) is 5.11. The van der Waals surface area contributed by atoms with Crippen molar-refractivity contribution in [1.29, 1.82) is 0 Å². The Morgan fingerprint density at radius 1 is 1.16 bits per heavy atom. The number of carbonyl (C=O) groups excluding carboxylic acids is 1. The van der Waals surface area contributed by atoms with Crippen LogP contribution < -0.4 is 5.32 Å². The maximum absolute atomic E-state index is 12.7. The quantitative estimate of drug-likeness (QED) is 0.333. The highest BCUT2D eigenvalue weighted by Crippen LogP contribution is 2.32. The Hall–Kier alpha value is -3.13. The zero-order valence-corrected chi connectivity index (χ0v) is 18.4. The van der Waals surface area contributed by atoms with Crippen molar-refractivity contribution < 1.29 is 9.72 Å². The van der Waals surface area contributed by atoms with Gasteiger partial charge in [-0.05, 0) is 62.8 Å². The van der Waals surface area contributed by atoms with Gasteiger partial charge >= 0.3 is 0 Å². The van der Waals surface area contributed by atoms with E-state index in [2.05, 4.69) is 9.88 Å².